The average Bonchev–Trinajstić information content (AvgIpc) is 2.32. The van der Waals surface area contributed by atoms with E-state index in [0.717, 1.165) is 55.0 Å². The van der Waals surface area contributed by atoms with Gasteiger partial charge in [0, 0.05) is 5.30 Å². The van der Waals surface area contributed by atoms with Gasteiger partial charge < -0.3 is 9.79 Å². The van der Waals surface area contributed by atoms with E-state index in [2.05, 4.69) is 32.9 Å². The van der Waals surface area contributed by atoms with Gasteiger partial charge in [-0.25, -0.2) is 0 Å². The van der Waals surface area contributed by atoms with Gasteiger partial charge in [-0.05, 0) is 43.7 Å². The predicted octanol–water partition coefficient (Wildman–Crippen LogP) is 3.60. The molecule has 2 nitrogen and oxygen atoms in total. The van der Waals surface area contributed by atoms with Crippen molar-refractivity contribution in [2.45, 2.75) is 59.3 Å². The van der Waals surface area contributed by atoms with Crippen LogP contribution in [0.15, 0.2) is 12.1 Å². The second kappa shape index (κ2) is 7.89. The lowest BCUT2D eigenvalue weighted by Crippen LogP contribution is -2.15. The van der Waals surface area contributed by atoms with E-state index in [1.54, 1.807) is 0 Å². The minimum Gasteiger partial charge on any atom is -0.347 e. The first-order valence-electron chi connectivity index (χ1n) is 6.90. The van der Waals surface area contributed by atoms with Crippen molar-refractivity contribution in [3.05, 3.63) is 28.8 Å². The fourth-order valence-corrected chi connectivity index (χ4v) is 3.17. The first kappa shape index (κ1) is 15.6. The van der Waals surface area contributed by atoms with E-state index in [4.69, 9.17) is 0 Å². The molecule has 2 N–H and O–H groups in total. The van der Waals surface area contributed by atoms with E-state index in [1.807, 2.05) is 0 Å². The third-order valence-corrected chi connectivity index (χ3v) is 4.19. The molecule has 0 aliphatic rings. The molecule has 0 saturated heterocycles. The van der Waals surface area contributed by atoms with Crippen LogP contribution in [0.25, 0.3) is 0 Å². The summed E-state index contributed by atoms with van der Waals surface area (Å²) in [5.41, 5.74) is 3.51. The van der Waals surface area contributed by atoms with Crippen LogP contribution < -0.4 is 5.30 Å². The molecule has 0 unspecified atom stereocenters. The van der Waals surface area contributed by atoms with Gasteiger partial charge in [0.25, 0.3) is 0 Å². The van der Waals surface area contributed by atoms with Gasteiger partial charge in [0.2, 0.25) is 0 Å². The number of hydrogen-bond donors (Lipinski definition) is 2. The largest absolute Gasteiger partial charge is 0.347 e. The summed E-state index contributed by atoms with van der Waals surface area (Å²) >= 11 is 0. The fraction of sp³-hybridized carbons (Fsp3) is 0.600. The van der Waals surface area contributed by atoms with Gasteiger partial charge in [0.05, 0.1) is 0 Å². The highest BCUT2D eigenvalue weighted by Gasteiger charge is 2.16. The topological polar surface area (TPSA) is 40.5 Å². The normalized spacial score (nSPS) is 11.2. The molecule has 3 heteroatoms. The summed E-state index contributed by atoms with van der Waals surface area (Å²) in [4.78, 5) is 19.4. The molecule has 0 saturated carbocycles. The number of rotatable bonds is 7. The number of unbranched alkanes of at least 4 members (excludes halogenated alkanes) is 2. The van der Waals surface area contributed by atoms with Crippen molar-refractivity contribution in [3.63, 3.8) is 0 Å². The Labute approximate surface area is 112 Å². The number of benzene rings is 1. The van der Waals surface area contributed by atoms with Crippen LogP contribution in [0.4, 0.5) is 0 Å². The summed E-state index contributed by atoms with van der Waals surface area (Å²) in [7, 11) is -1.98. The quantitative estimate of drug-likeness (QED) is 0.742. The van der Waals surface area contributed by atoms with Gasteiger partial charge in [-0.2, -0.15) is 0 Å². The molecule has 18 heavy (non-hydrogen) atoms. The molecular weight excluding hydrogens is 243 g/mol. The van der Waals surface area contributed by atoms with Crippen LogP contribution in [0.3, 0.4) is 0 Å². The Hall–Kier alpha value is -0.430. The van der Waals surface area contributed by atoms with Crippen LogP contribution in [-0.2, 0) is 12.8 Å². The molecule has 102 valence electrons. The number of aryl methyl sites for hydroxylation is 3. The van der Waals surface area contributed by atoms with Crippen LogP contribution >= 0.6 is 8.38 Å². The van der Waals surface area contributed by atoms with Gasteiger partial charge in [0.15, 0.2) is 8.38 Å². The third-order valence-electron chi connectivity index (χ3n) is 3.21. The second-order valence-electron chi connectivity index (χ2n) is 4.93. The Kier molecular flexibility index (Phi) is 6.85. The molecule has 0 aliphatic heterocycles. The van der Waals surface area contributed by atoms with E-state index < -0.39 is 8.38 Å². The zero-order chi connectivity index (χ0) is 13.5. The summed E-state index contributed by atoms with van der Waals surface area (Å²) in [6.45, 7) is 6.41. The zero-order valence-corrected chi connectivity index (χ0v) is 12.6. The lowest BCUT2D eigenvalue weighted by Gasteiger charge is -2.17. The van der Waals surface area contributed by atoms with Gasteiger partial charge in [0.1, 0.15) is 0 Å². The first-order chi connectivity index (χ1) is 8.60. The Bertz CT molecular complexity index is 346. The van der Waals surface area contributed by atoms with Crippen molar-refractivity contribution in [3.8, 4) is 0 Å². The molecule has 0 bridgehead atoms. The maximum absolute atomic E-state index is 9.70. The van der Waals surface area contributed by atoms with Crippen LogP contribution in [0.5, 0.6) is 0 Å². The molecule has 0 atom stereocenters. The SMILES string of the molecule is CCCCc1cc(C)cc(CCCC)c1P(O)O. The van der Waals surface area contributed by atoms with E-state index in [0.29, 0.717) is 0 Å². The van der Waals surface area contributed by atoms with Crippen molar-refractivity contribution < 1.29 is 9.79 Å². The molecule has 0 aromatic heterocycles. The highest BCUT2D eigenvalue weighted by atomic mass is 31.2. The molecule has 0 aliphatic carbocycles. The summed E-state index contributed by atoms with van der Waals surface area (Å²) in [5, 5.41) is 0.817. The molecule has 1 aromatic rings. The molecule has 1 rings (SSSR count). The molecule has 0 fully saturated rings. The molecule has 0 spiro atoms. The third kappa shape index (κ3) is 4.35. The monoisotopic (exact) mass is 268 g/mol. The van der Waals surface area contributed by atoms with Gasteiger partial charge >= 0.3 is 0 Å². The van der Waals surface area contributed by atoms with E-state index in [9.17, 15) is 9.79 Å². The Morgan fingerprint density at radius 1 is 0.944 bits per heavy atom. The summed E-state index contributed by atoms with van der Waals surface area (Å²) in [5.74, 6) is 0. The Balaban J connectivity index is 3.09. The van der Waals surface area contributed by atoms with Crippen molar-refractivity contribution in [2.75, 3.05) is 0 Å². The van der Waals surface area contributed by atoms with Crippen LogP contribution in [-0.4, -0.2) is 9.79 Å². The molecule has 0 radical (unpaired) electrons. The summed E-state index contributed by atoms with van der Waals surface area (Å²) in [6, 6.07) is 4.23. The van der Waals surface area contributed by atoms with Gasteiger partial charge in [-0.3, -0.25) is 0 Å². The second-order valence-corrected chi connectivity index (χ2v) is 5.95. The lowest BCUT2D eigenvalue weighted by atomic mass is 9.99. The standard InChI is InChI=1S/C15H25O2P/c1-4-6-8-13-10-12(3)11-14(9-7-5-2)15(13)18(16)17/h10-11,16-17H,4-9H2,1-3H3. The number of hydrogen-bond acceptors (Lipinski definition) is 2. The van der Waals surface area contributed by atoms with E-state index in [-0.39, 0.29) is 0 Å². The Morgan fingerprint density at radius 2 is 1.39 bits per heavy atom. The van der Waals surface area contributed by atoms with Crippen molar-refractivity contribution in [1.29, 1.82) is 0 Å². The molecule has 0 amide bonds. The van der Waals surface area contributed by atoms with Crippen LogP contribution in [0, 0.1) is 6.92 Å². The zero-order valence-electron chi connectivity index (χ0n) is 11.7. The van der Waals surface area contributed by atoms with Gasteiger partial charge in [-0.1, -0.05) is 44.4 Å². The predicted molar refractivity (Wildman–Crippen MR) is 79.4 cm³/mol. The van der Waals surface area contributed by atoms with Crippen LogP contribution in [0.1, 0.15) is 56.2 Å². The first-order valence-corrected chi connectivity index (χ1v) is 8.15. The lowest BCUT2D eigenvalue weighted by molar-refractivity contribution is 0.496. The molecule has 1 aromatic carbocycles. The van der Waals surface area contributed by atoms with Crippen molar-refractivity contribution in [2.24, 2.45) is 0 Å². The van der Waals surface area contributed by atoms with Gasteiger partial charge in [-0.15, -0.1) is 0 Å². The highest BCUT2D eigenvalue weighted by molar-refractivity contribution is 7.54. The Morgan fingerprint density at radius 3 is 1.72 bits per heavy atom. The fourth-order valence-electron chi connectivity index (χ4n) is 2.31. The molecule has 0 heterocycles. The van der Waals surface area contributed by atoms with Crippen molar-refractivity contribution in [1.82, 2.24) is 0 Å². The summed E-state index contributed by atoms with van der Waals surface area (Å²) < 4.78 is 0. The maximum atomic E-state index is 9.70. The molecular formula is C15H25O2P. The summed E-state index contributed by atoms with van der Waals surface area (Å²) in [6.07, 6.45) is 6.37. The minimum atomic E-state index is -1.98. The average molecular weight is 268 g/mol. The maximum Gasteiger partial charge on any atom is 0.200 e. The van der Waals surface area contributed by atoms with E-state index in [1.165, 1.54) is 5.56 Å². The van der Waals surface area contributed by atoms with Crippen molar-refractivity contribution >= 4 is 13.7 Å². The highest BCUT2D eigenvalue weighted by Crippen LogP contribution is 2.29. The minimum absolute atomic E-state index is 0.817. The van der Waals surface area contributed by atoms with E-state index >= 15 is 0 Å². The van der Waals surface area contributed by atoms with Crippen LogP contribution in [0.2, 0.25) is 0 Å². The smallest absolute Gasteiger partial charge is 0.200 e.